The van der Waals surface area contributed by atoms with Gasteiger partial charge in [0.15, 0.2) is 0 Å². The van der Waals surface area contributed by atoms with Crippen molar-refractivity contribution in [3.05, 3.63) is 35.4 Å². The van der Waals surface area contributed by atoms with E-state index in [0.29, 0.717) is 6.42 Å². The quantitative estimate of drug-likeness (QED) is 0.763. The molecule has 0 fully saturated rings. The molecule has 1 atom stereocenters. The van der Waals surface area contributed by atoms with Gasteiger partial charge in [-0.15, -0.1) is 0 Å². The van der Waals surface area contributed by atoms with E-state index in [4.69, 9.17) is 9.84 Å². The summed E-state index contributed by atoms with van der Waals surface area (Å²) in [5.74, 6) is -0.530. The SMILES string of the molecule is COC(=O)C(C)c1ccccc1CCO. The number of carbonyl (C=O) groups is 1. The van der Waals surface area contributed by atoms with Crippen LogP contribution in [0.3, 0.4) is 0 Å². The minimum absolute atomic E-state index is 0.0882. The predicted octanol–water partition coefficient (Wildman–Crippen LogP) is 1.50. The molecule has 1 N–H and O–H groups in total. The van der Waals surface area contributed by atoms with E-state index >= 15 is 0 Å². The lowest BCUT2D eigenvalue weighted by Gasteiger charge is -2.13. The van der Waals surface area contributed by atoms with Crippen molar-refractivity contribution >= 4 is 5.97 Å². The third-order valence-electron chi connectivity index (χ3n) is 2.46. The Morgan fingerprint density at radius 1 is 1.47 bits per heavy atom. The zero-order valence-corrected chi connectivity index (χ0v) is 9.06. The first-order valence-electron chi connectivity index (χ1n) is 4.97. The maximum absolute atomic E-state index is 11.4. The molecular formula is C12H16O3. The van der Waals surface area contributed by atoms with Gasteiger partial charge in [0, 0.05) is 6.61 Å². The maximum atomic E-state index is 11.4. The Kier molecular flexibility index (Phi) is 4.31. The fourth-order valence-electron chi connectivity index (χ4n) is 1.61. The number of aliphatic hydroxyl groups excluding tert-OH is 1. The van der Waals surface area contributed by atoms with Crippen LogP contribution in [0, 0.1) is 0 Å². The summed E-state index contributed by atoms with van der Waals surface area (Å²) in [7, 11) is 1.38. The molecule has 0 aromatic heterocycles. The number of hydrogen-bond donors (Lipinski definition) is 1. The molecule has 0 saturated carbocycles. The molecule has 82 valence electrons. The molecule has 0 saturated heterocycles. The molecule has 0 amide bonds. The van der Waals surface area contributed by atoms with Crippen LogP contribution in [0.15, 0.2) is 24.3 Å². The number of aliphatic hydroxyl groups is 1. The summed E-state index contributed by atoms with van der Waals surface area (Å²) in [4.78, 5) is 11.4. The highest BCUT2D eigenvalue weighted by atomic mass is 16.5. The van der Waals surface area contributed by atoms with Gasteiger partial charge in [-0.05, 0) is 24.5 Å². The molecule has 1 rings (SSSR count). The van der Waals surface area contributed by atoms with E-state index in [9.17, 15) is 4.79 Å². The lowest BCUT2D eigenvalue weighted by Crippen LogP contribution is -2.13. The van der Waals surface area contributed by atoms with Gasteiger partial charge in [-0.2, -0.15) is 0 Å². The minimum atomic E-state index is -0.280. The van der Waals surface area contributed by atoms with E-state index in [1.54, 1.807) is 0 Å². The Labute approximate surface area is 89.7 Å². The second kappa shape index (κ2) is 5.51. The van der Waals surface area contributed by atoms with E-state index in [1.165, 1.54) is 7.11 Å². The van der Waals surface area contributed by atoms with Gasteiger partial charge in [0.1, 0.15) is 0 Å². The Morgan fingerprint density at radius 3 is 2.73 bits per heavy atom. The van der Waals surface area contributed by atoms with Crippen LogP contribution in [0.2, 0.25) is 0 Å². The number of ether oxygens (including phenoxy) is 1. The van der Waals surface area contributed by atoms with Gasteiger partial charge in [0.25, 0.3) is 0 Å². The molecule has 15 heavy (non-hydrogen) atoms. The van der Waals surface area contributed by atoms with Crippen LogP contribution in [0.5, 0.6) is 0 Å². The summed E-state index contributed by atoms with van der Waals surface area (Å²) in [5.41, 5.74) is 1.93. The summed E-state index contributed by atoms with van der Waals surface area (Å²) >= 11 is 0. The molecule has 3 nitrogen and oxygen atoms in total. The monoisotopic (exact) mass is 208 g/mol. The van der Waals surface area contributed by atoms with E-state index < -0.39 is 0 Å². The first-order chi connectivity index (χ1) is 7.20. The number of hydrogen-bond acceptors (Lipinski definition) is 3. The molecule has 1 aromatic carbocycles. The van der Waals surface area contributed by atoms with Gasteiger partial charge in [0.05, 0.1) is 13.0 Å². The van der Waals surface area contributed by atoms with E-state index in [-0.39, 0.29) is 18.5 Å². The third-order valence-corrected chi connectivity index (χ3v) is 2.46. The van der Waals surface area contributed by atoms with E-state index in [1.807, 2.05) is 31.2 Å². The summed E-state index contributed by atoms with van der Waals surface area (Å²) < 4.78 is 4.70. The van der Waals surface area contributed by atoms with Crippen molar-refractivity contribution in [1.82, 2.24) is 0 Å². The average molecular weight is 208 g/mol. The molecule has 0 heterocycles. The maximum Gasteiger partial charge on any atom is 0.312 e. The third kappa shape index (κ3) is 2.80. The number of carbonyl (C=O) groups excluding carboxylic acids is 1. The number of methoxy groups -OCH3 is 1. The fraction of sp³-hybridized carbons (Fsp3) is 0.417. The summed E-state index contributed by atoms with van der Waals surface area (Å²) in [6.45, 7) is 1.90. The van der Waals surface area contributed by atoms with Crippen molar-refractivity contribution < 1.29 is 14.6 Å². The first kappa shape index (κ1) is 11.7. The summed E-state index contributed by atoms with van der Waals surface area (Å²) in [5, 5.41) is 8.91. The fourth-order valence-corrected chi connectivity index (χ4v) is 1.61. The van der Waals surface area contributed by atoms with Gasteiger partial charge in [-0.1, -0.05) is 24.3 Å². The zero-order valence-electron chi connectivity index (χ0n) is 9.06. The topological polar surface area (TPSA) is 46.5 Å². The largest absolute Gasteiger partial charge is 0.469 e. The van der Waals surface area contributed by atoms with Crippen molar-refractivity contribution in [3.63, 3.8) is 0 Å². The number of esters is 1. The minimum Gasteiger partial charge on any atom is -0.469 e. The molecule has 0 aliphatic rings. The van der Waals surface area contributed by atoms with E-state index in [2.05, 4.69) is 0 Å². The van der Waals surface area contributed by atoms with Crippen LogP contribution in [-0.4, -0.2) is 24.8 Å². The van der Waals surface area contributed by atoms with Crippen LogP contribution in [0.25, 0.3) is 0 Å². The molecule has 1 unspecified atom stereocenters. The van der Waals surface area contributed by atoms with Crippen molar-refractivity contribution in [1.29, 1.82) is 0 Å². The summed E-state index contributed by atoms with van der Waals surface area (Å²) in [6.07, 6.45) is 0.567. The number of rotatable bonds is 4. The van der Waals surface area contributed by atoms with Gasteiger partial charge in [0.2, 0.25) is 0 Å². The lowest BCUT2D eigenvalue weighted by molar-refractivity contribution is -0.142. The van der Waals surface area contributed by atoms with Crippen LogP contribution in [0.4, 0.5) is 0 Å². The highest BCUT2D eigenvalue weighted by Crippen LogP contribution is 2.21. The lowest BCUT2D eigenvalue weighted by atomic mass is 9.94. The van der Waals surface area contributed by atoms with Crippen molar-refractivity contribution in [2.45, 2.75) is 19.3 Å². The van der Waals surface area contributed by atoms with E-state index in [0.717, 1.165) is 11.1 Å². The van der Waals surface area contributed by atoms with Crippen LogP contribution in [0.1, 0.15) is 24.0 Å². The van der Waals surface area contributed by atoms with Gasteiger partial charge in [-0.3, -0.25) is 4.79 Å². The number of benzene rings is 1. The van der Waals surface area contributed by atoms with Crippen LogP contribution in [-0.2, 0) is 16.0 Å². The molecule has 0 spiro atoms. The average Bonchev–Trinajstić information content (AvgIpc) is 2.28. The molecule has 1 aromatic rings. The van der Waals surface area contributed by atoms with Crippen LogP contribution >= 0.6 is 0 Å². The molecule has 0 bridgehead atoms. The van der Waals surface area contributed by atoms with Crippen molar-refractivity contribution in [3.8, 4) is 0 Å². The van der Waals surface area contributed by atoms with Gasteiger partial charge < -0.3 is 9.84 Å². The van der Waals surface area contributed by atoms with Crippen LogP contribution < -0.4 is 0 Å². The molecule has 3 heteroatoms. The highest BCUT2D eigenvalue weighted by molar-refractivity contribution is 5.78. The predicted molar refractivity (Wildman–Crippen MR) is 57.7 cm³/mol. The Balaban J connectivity index is 2.96. The molecule has 0 aliphatic heterocycles. The smallest absolute Gasteiger partial charge is 0.312 e. The highest BCUT2D eigenvalue weighted by Gasteiger charge is 2.17. The van der Waals surface area contributed by atoms with Crippen molar-refractivity contribution in [2.75, 3.05) is 13.7 Å². The van der Waals surface area contributed by atoms with Crippen molar-refractivity contribution in [2.24, 2.45) is 0 Å². The van der Waals surface area contributed by atoms with Gasteiger partial charge in [-0.25, -0.2) is 0 Å². The molecular weight excluding hydrogens is 192 g/mol. The molecule has 0 radical (unpaired) electrons. The van der Waals surface area contributed by atoms with Gasteiger partial charge >= 0.3 is 5.97 Å². The Bertz CT molecular complexity index is 333. The Morgan fingerprint density at radius 2 is 2.13 bits per heavy atom. The zero-order chi connectivity index (χ0) is 11.3. The second-order valence-electron chi connectivity index (χ2n) is 3.42. The Hall–Kier alpha value is -1.35. The first-order valence-corrected chi connectivity index (χ1v) is 4.97. The standard InChI is InChI=1S/C12H16O3/c1-9(12(14)15-2)11-6-4-3-5-10(11)7-8-13/h3-6,9,13H,7-8H2,1-2H3. The molecule has 0 aliphatic carbocycles. The normalized spacial score (nSPS) is 12.2. The second-order valence-corrected chi connectivity index (χ2v) is 3.42. The summed E-state index contributed by atoms with van der Waals surface area (Å²) in [6, 6.07) is 7.60.